The van der Waals surface area contributed by atoms with Gasteiger partial charge in [0.25, 0.3) is 5.69 Å². The van der Waals surface area contributed by atoms with Gasteiger partial charge in [-0.2, -0.15) is 5.10 Å². The maximum atomic E-state index is 12.3. The molecule has 1 heterocycles. The predicted octanol–water partition coefficient (Wildman–Crippen LogP) is 3.47. The third kappa shape index (κ3) is 2.85. The molecule has 4 rings (SSSR count). The number of rotatable bonds is 3. The molecule has 0 radical (unpaired) electrons. The molecule has 0 aromatic heterocycles. The molecule has 2 aliphatic rings. The van der Waals surface area contributed by atoms with Crippen LogP contribution in [0, 0.1) is 16.0 Å². The highest BCUT2D eigenvalue weighted by molar-refractivity contribution is 6.07. The van der Waals surface area contributed by atoms with E-state index in [4.69, 9.17) is 4.74 Å². The van der Waals surface area contributed by atoms with Crippen LogP contribution in [0.1, 0.15) is 36.1 Å². The minimum absolute atomic E-state index is 0.0109. The first kappa shape index (κ1) is 17.2. The predicted molar refractivity (Wildman–Crippen MR) is 99.7 cm³/mol. The molecule has 0 fully saturated rings. The van der Waals surface area contributed by atoms with E-state index in [-0.39, 0.29) is 23.6 Å². The molecule has 1 amide bonds. The summed E-state index contributed by atoms with van der Waals surface area (Å²) in [4.78, 5) is 23.1. The fourth-order valence-corrected chi connectivity index (χ4v) is 4.01. The minimum Gasteiger partial charge on any atom is -0.497 e. The molecule has 0 N–H and O–H groups in total. The van der Waals surface area contributed by atoms with Gasteiger partial charge in [-0.05, 0) is 36.1 Å². The summed E-state index contributed by atoms with van der Waals surface area (Å²) < 4.78 is 5.22. The summed E-state index contributed by atoms with van der Waals surface area (Å²) in [6.45, 7) is 1.49. The van der Waals surface area contributed by atoms with E-state index in [0.29, 0.717) is 0 Å². The van der Waals surface area contributed by atoms with E-state index in [2.05, 4.69) is 5.10 Å². The van der Waals surface area contributed by atoms with Gasteiger partial charge in [0.05, 0.1) is 23.8 Å². The summed E-state index contributed by atoms with van der Waals surface area (Å²) >= 11 is 0. The van der Waals surface area contributed by atoms with Crippen LogP contribution in [0.5, 0.6) is 5.75 Å². The number of nitrogens with zero attached hydrogens (tertiary/aromatic N) is 3. The molecule has 138 valence electrons. The zero-order valence-electron chi connectivity index (χ0n) is 15.1. The Bertz CT molecular complexity index is 952. The molecule has 1 aliphatic carbocycles. The Kier molecular flexibility index (Phi) is 4.14. The fraction of sp³-hybridized carbons (Fsp3) is 0.300. The van der Waals surface area contributed by atoms with Crippen LogP contribution in [0.3, 0.4) is 0 Å². The highest BCUT2D eigenvalue weighted by Gasteiger charge is 2.43. The van der Waals surface area contributed by atoms with Crippen LogP contribution in [0.25, 0.3) is 0 Å². The number of hydrogen-bond acceptors (Lipinski definition) is 5. The third-order valence-corrected chi connectivity index (χ3v) is 5.30. The van der Waals surface area contributed by atoms with Crippen LogP contribution >= 0.6 is 0 Å². The number of carbonyl (C=O) groups is 1. The van der Waals surface area contributed by atoms with Gasteiger partial charge in [0.2, 0.25) is 5.91 Å². The van der Waals surface area contributed by atoms with E-state index in [0.717, 1.165) is 41.0 Å². The summed E-state index contributed by atoms with van der Waals surface area (Å²) in [5.41, 5.74) is 3.59. The summed E-state index contributed by atoms with van der Waals surface area (Å²) in [5, 5.41) is 17.3. The number of non-ortho nitro benzene ring substituents is 1. The molecule has 0 unspecified atom stereocenters. The van der Waals surface area contributed by atoms with E-state index in [1.165, 1.54) is 18.0 Å². The van der Waals surface area contributed by atoms with E-state index >= 15 is 0 Å². The van der Waals surface area contributed by atoms with Crippen molar-refractivity contribution in [2.45, 2.75) is 25.8 Å². The zero-order valence-corrected chi connectivity index (χ0v) is 15.1. The van der Waals surface area contributed by atoms with Crippen LogP contribution in [0.15, 0.2) is 47.6 Å². The van der Waals surface area contributed by atoms with Crippen LogP contribution < -0.4 is 4.74 Å². The average Bonchev–Trinajstić information content (AvgIpc) is 3.08. The normalized spacial score (nSPS) is 20.5. The molecule has 2 atom stereocenters. The smallest absolute Gasteiger partial charge is 0.270 e. The minimum atomic E-state index is -0.400. The Morgan fingerprint density at radius 1 is 1.26 bits per heavy atom. The Labute approximate surface area is 156 Å². The molecular weight excluding hydrogens is 346 g/mol. The van der Waals surface area contributed by atoms with Gasteiger partial charge in [-0.25, -0.2) is 5.01 Å². The number of hydrogen-bond donors (Lipinski definition) is 0. The highest BCUT2D eigenvalue weighted by Crippen LogP contribution is 2.44. The summed E-state index contributed by atoms with van der Waals surface area (Å²) in [7, 11) is 1.61. The highest BCUT2D eigenvalue weighted by atomic mass is 16.6. The quantitative estimate of drug-likeness (QED) is 0.616. The topological polar surface area (TPSA) is 85.0 Å². The average molecular weight is 365 g/mol. The van der Waals surface area contributed by atoms with Crippen molar-refractivity contribution in [3.8, 4) is 5.75 Å². The van der Waals surface area contributed by atoms with Crippen molar-refractivity contribution in [1.29, 1.82) is 0 Å². The van der Waals surface area contributed by atoms with Crippen LogP contribution in [0.4, 0.5) is 5.69 Å². The monoisotopic (exact) mass is 365 g/mol. The van der Waals surface area contributed by atoms with Crippen molar-refractivity contribution >= 4 is 17.3 Å². The van der Waals surface area contributed by atoms with Gasteiger partial charge in [-0.3, -0.25) is 14.9 Å². The van der Waals surface area contributed by atoms with Gasteiger partial charge >= 0.3 is 0 Å². The lowest BCUT2D eigenvalue weighted by molar-refractivity contribution is -0.384. The SMILES string of the molecule is COc1ccc([C@H]2[C@H]3CCc4ccc([N+](=O)[O-])cc4C3=NN2C(C)=O)cc1. The first-order chi connectivity index (χ1) is 13.0. The molecule has 7 nitrogen and oxygen atoms in total. The Hall–Kier alpha value is -3.22. The number of hydrazone groups is 1. The molecule has 0 saturated carbocycles. The van der Waals surface area contributed by atoms with Gasteiger partial charge < -0.3 is 4.74 Å². The number of carbonyl (C=O) groups excluding carboxylic acids is 1. The molecule has 0 bridgehead atoms. The van der Waals surface area contributed by atoms with E-state index in [1.807, 2.05) is 24.3 Å². The summed E-state index contributed by atoms with van der Waals surface area (Å²) in [5.74, 6) is 0.610. The fourth-order valence-electron chi connectivity index (χ4n) is 4.01. The summed E-state index contributed by atoms with van der Waals surface area (Å²) in [6, 6.07) is 12.3. The second-order valence-electron chi connectivity index (χ2n) is 6.81. The number of methoxy groups -OCH3 is 1. The third-order valence-electron chi connectivity index (χ3n) is 5.30. The second kappa shape index (κ2) is 6.50. The maximum Gasteiger partial charge on any atom is 0.270 e. The molecular formula is C20H19N3O4. The van der Waals surface area contributed by atoms with Crippen molar-refractivity contribution < 1.29 is 14.5 Å². The largest absolute Gasteiger partial charge is 0.497 e. The van der Waals surface area contributed by atoms with Crippen molar-refractivity contribution in [3.05, 3.63) is 69.3 Å². The van der Waals surface area contributed by atoms with Crippen molar-refractivity contribution in [1.82, 2.24) is 5.01 Å². The first-order valence-corrected chi connectivity index (χ1v) is 8.79. The molecule has 2 aromatic rings. The van der Waals surface area contributed by atoms with E-state index in [1.54, 1.807) is 19.2 Å². The van der Waals surface area contributed by atoms with Crippen molar-refractivity contribution in [2.24, 2.45) is 11.0 Å². The van der Waals surface area contributed by atoms with Crippen molar-refractivity contribution in [3.63, 3.8) is 0 Å². The number of ether oxygens (including phenoxy) is 1. The van der Waals surface area contributed by atoms with E-state index in [9.17, 15) is 14.9 Å². The molecule has 0 saturated heterocycles. The van der Waals surface area contributed by atoms with Crippen molar-refractivity contribution in [2.75, 3.05) is 7.11 Å². The number of nitro groups is 1. The van der Waals surface area contributed by atoms with Gasteiger partial charge in [-0.1, -0.05) is 18.2 Å². The maximum absolute atomic E-state index is 12.3. The Balaban J connectivity index is 1.78. The van der Waals surface area contributed by atoms with Crippen LogP contribution in [-0.2, 0) is 11.2 Å². The molecule has 1 aliphatic heterocycles. The van der Waals surface area contributed by atoms with E-state index < -0.39 is 4.92 Å². The number of benzene rings is 2. The molecule has 7 heteroatoms. The molecule has 27 heavy (non-hydrogen) atoms. The zero-order chi connectivity index (χ0) is 19.1. The van der Waals surface area contributed by atoms with Crippen LogP contribution in [-0.4, -0.2) is 28.7 Å². The first-order valence-electron chi connectivity index (χ1n) is 8.79. The lowest BCUT2D eigenvalue weighted by atomic mass is 9.77. The standard InChI is InChI=1S/C20H19N3O4/c1-12(24)22-20(14-4-8-16(27-2)9-5-14)17-10-6-13-3-7-15(23(25)26)11-18(13)19(17)21-22/h3-5,7-9,11,17,20H,6,10H2,1-2H3/t17-,20-/m0/s1. The number of amides is 1. The Morgan fingerprint density at radius 3 is 2.63 bits per heavy atom. The molecule has 0 spiro atoms. The Morgan fingerprint density at radius 2 is 2.00 bits per heavy atom. The second-order valence-corrected chi connectivity index (χ2v) is 6.81. The van der Waals surface area contributed by atoms with Crippen LogP contribution in [0.2, 0.25) is 0 Å². The van der Waals surface area contributed by atoms with Gasteiger partial charge in [-0.15, -0.1) is 0 Å². The number of nitro benzene ring substituents is 1. The molecule has 2 aromatic carbocycles. The summed E-state index contributed by atoms with van der Waals surface area (Å²) in [6.07, 6.45) is 1.64. The van der Waals surface area contributed by atoms with Gasteiger partial charge in [0.1, 0.15) is 5.75 Å². The number of aryl methyl sites for hydroxylation is 1. The lowest BCUT2D eigenvalue weighted by Gasteiger charge is -2.29. The van der Waals surface area contributed by atoms with Gasteiger partial charge in [0.15, 0.2) is 0 Å². The van der Waals surface area contributed by atoms with Gasteiger partial charge in [0, 0.05) is 30.5 Å². The lowest BCUT2D eigenvalue weighted by Crippen LogP contribution is -2.31. The number of fused-ring (bicyclic) bond motifs is 3.